The van der Waals surface area contributed by atoms with Gasteiger partial charge >= 0.3 is 0 Å². The van der Waals surface area contributed by atoms with E-state index in [9.17, 15) is 14.0 Å². The molecule has 25 heavy (non-hydrogen) atoms. The number of amides is 1. The number of benzene rings is 1. The van der Waals surface area contributed by atoms with Crippen molar-refractivity contribution in [3.05, 3.63) is 70.5 Å². The highest BCUT2D eigenvalue weighted by Crippen LogP contribution is 2.16. The van der Waals surface area contributed by atoms with Crippen LogP contribution in [0.4, 0.5) is 4.39 Å². The third kappa shape index (κ3) is 4.00. The van der Waals surface area contributed by atoms with Crippen LogP contribution in [-0.4, -0.2) is 28.5 Å². The number of aromatic amines is 1. The number of H-pyrrole nitrogens is 1. The first-order valence-electron chi connectivity index (χ1n) is 7.70. The largest absolute Gasteiger partial charge is 0.487 e. The quantitative estimate of drug-likeness (QED) is 0.745. The van der Waals surface area contributed by atoms with Gasteiger partial charge in [0.1, 0.15) is 17.7 Å². The van der Waals surface area contributed by atoms with Crippen LogP contribution < -0.4 is 15.6 Å². The second-order valence-corrected chi connectivity index (χ2v) is 5.56. The van der Waals surface area contributed by atoms with Crippen molar-refractivity contribution in [2.45, 2.75) is 13.0 Å². The number of ether oxygens (including phenoxy) is 1. The van der Waals surface area contributed by atoms with Gasteiger partial charge in [-0.2, -0.15) is 0 Å². The second kappa shape index (κ2) is 7.12. The van der Waals surface area contributed by atoms with Gasteiger partial charge in [0.15, 0.2) is 0 Å². The highest BCUT2D eigenvalue weighted by molar-refractivity contribution is 6.05. The molecule has 1 unspecified atom stereocenters. The summed E-state index contributed by atoms with van der Waals surface area (Å²) in [6.07, 6.45) is 2.90. The van der Waals surface area contributed by atoms with Crippen molar-refractivity contribution < 1.29 is 13.9 Å². The molecule has 0 aliphatic heterocycles. The predicted octanol–water partition coefficient (Wildman–Crippen LogP) is 2.26. The molecule has 0 radical (unpaired) electrons. The topological polar surface area (TPSA) is 84.1 Å². The molecule has 0 saturated heterocycles. The first-order chi connectivity index (χ1) is 12.0. The lowest BCUT2D eigenvalue weighted by Gasteiger charge is -2.15. The standard InChI is InChI=1S/C18H16FN3O3/c1-11(25-13-3-2-6-20-10-13)9-21-18(24)15-8-17(23)22-16-5-4-12(19)7-14(15)16/h2-8,10-11H,9H2,1H3,(H,21,24)(H,22,23). The molecule has 1 aromatic carbocycles. The lowest BCUT2D eigenvalue weighted by molar-refractivity contribution is 0.0933. The Morgan fingerprint density at radius 2 is 2.20 bits per heavy atom. The third-order valence-electron chi connectivity index (χ3n) is 3.57. The number of hydrogen-bond acceptors (Lipinski definition) is 4. The van der Waals surface area contributed by atoms with Gasteiger partial charge in [0, 0.05) is 23.2 Å². The smallest absolute Gasteiger partial charge is 0.252 e. The Bertz CT molecular complexity index is 957. The van der Waals surface area contributed by atoms with Gasteiger partial charge in [-0.25, -0.2) is 4.39 Å². The van der Waals surface area contributed by atoms with Gasteiger partial charge in [-0.05, 0) is 37.3 Å². The molecule has 0 fully saturated rings. The van der Waals surface area contributed by atoms with E-state index in [0.717, 1.165) is 6.07 Å². The van der Waals surface area contributed by atoms with Gasteiger partial charge in [0.05, 0.1) is 18.3 Å². The van der Waals surface area contributed by atoms with Crippen LogP contribution in [0, 0.1) is 5.82 Å². The van der Waals surface area contributed by atoms with Crippen molar-refractivity contribution in [2.24, 2.45) is 0 Å². The van der Waals surface area contributed by atoms with Crippen LogP contribution in [0.1, 0.15) is 17.3 Å². The molecule has 0 aliphatic rings. The fraction of sp³-hybridized carbons (Fsp3) is 0.167. The maximum atomic E-state index is 13.5. The average molecular weight is 341 g/mol. The summed E-state index contributed by atoms with van der Waals surface area (Å²) < 4.78 is 19.1. The zero-order valence-electron chi connectivity index (χ0n) is 13.5. The third-order valence-corrected chi connectivity index (χ3v) is 3.57. The van der Waals surface area contributed by atoms with Crippen LogP contribution in [0.15, 0.2) is 53.6 Å². The van der Waals surface area contributed by atoms with Crippen LogP contribution in [0.25, 0.3) is 10.9 Å². The summed E-state index contributed by atoms with van der Waals surface area (Å²) in [6.45, 7) is 2.01. The first-order valence-corrected chi connectivity index (χ1v) is 7.70. The fourth-order valence-corrected chi connectivity index (χ4v) is 2.44. The Hall–Kier alpha value is -3.22. The van der Waals surface area contributed by atoms with Crippen LogP contribution in [0.3, 0.4) is 0 Å². The molecular formula is C18H16FN3O3. The normalized spacial score (nSPS) is 11.9. The number of aromatic nitrogens is 2. The SMILES string of the molecule is CC(CNC(=O)c1cc(=O)[nH]c2ccc(F)cc12)Oc1cccnc1. The highest BCUT2D eigenvalue weighted by atomic mass is 19.1. The highest BCUT2D eigenvalue weighted by Gasteiger charge is 2.14. The minimum Gasteiger partial charge on any atom is -0.487 e. The van der Waals surface area contributed by atoms with Gasteiger partial charge in [-0.1, -0.05) is 0 Å². The number of hydrogen-bond donors (Lipinski definition) is 2. The molecule has 128 valence electrons. The average Bonchev–Trinajstić information content (AvgIpc) is 2.60. The minimum atomic E-state index is -0.484. The number of nitrogens with zero attached hydrogens (tertiary/aromatic N) is 1. The van der Waals surface area contributed by atoms with Gasteiger partial charge in [0.25, 0.3) is 5.91 Å². The van der Waals surface area contributed by atoms with E-state index >= 15 is 0 Å². The summed E-state index contributed by atoms with van der Waals surface area (Å²) >= 11 is 0. The molecule has 0 aliphatic carbocycles. The second-order valence-electron chi connectivity index (χ2n) is 5.56. The Balaban J connectivity index is 1.74. The van der Waals surface area contributed by atoms with E-state index in [1.165, 1.54) is 18.2 Å². The van der Waals surface area contributed by atoms with E-state index in [1.807, 2.05) is 0 Å². The van der Waals surface area contributed by atoms with E-state index in [-0.39, 0.29) is 18.2 Å². The number of rotatable bonds is 5. The molecule has 6 nitrogen and oxygen atoms in total. The first kappa shape index (κ1) is 16.6. The zero-order valence-corrected chi connectivity index (χ0v) is 13.5. The van der Waals surface area contributed by atoms with E-state index in [4.69, 9.17) is 4.74 Å². The van der Waals surface area contributed by atoms with Crippen LogP contribution in [0.5, 0.6) is 5.75 Å². The number of halogens is 1. The lowest BCUT2D eigenvalue weighted by atomic mass is 10.1. The summed E-state index contributed by atoms with van der Waals surface area (Å²) in [5.41, 5.74) is 0.0921. The summed E-state index contributed by atoms with van der Waals surface area (Å²) in [5.74, 6) is -0.363. The van der Waals surface area contributed by atoms with Crippen molar-refractivity contribution in [2.75, 3.05) is 6.54 Å². The molecule has 0 saturated carbocycles. The number of carbonyl (C=O) groups is 1. The van der Waals surface area contributed by atoms with Crippen LogP contribution in [-0.2, 0) is 0 Å². The monoisotopic (exact) mass is 341 g/mol. The van der Waals surface area contributed by atoms with Gasteiger partial charge in [-0.3, -0.25) is 14.6 Å². The van der Waals surface area contributed by atoms with Gasteiger partial charge < -0.3 is 15.0 Å². The molecular weight excluding hydrogens is 325 g/mol. The number of nitrogens with one attached hydrogen (secondary N) is 2. The van der Waals surface area contributed by atoms with E-state index in [1.54, 1.807) is 31.5 Å². The molecule has 2 N–H and O–H groups in total. The fourth-order valence-electron chi connectivity index (χ4n) is 2.44. The molecule has 0 spiro atoms. The van der Waals surface area contributed by atoms with Crippen molar-refractivity contribution in [3.8, 4) is 5.75 Å². The summed E-state index contributed by atoms with van der Waals surface area (Å²) in [7, 11) is 0. The predicted molar refractivity (Wildman–Crippen MR) is 91.2 cm³/mol. The van der Waals surface area contributed by atoms with Gasteiger partial charge in [-0.15, -0.1) is 0 Å². The van der Waals surface area contributed by atoms with E-state index in [2.05, 4.69) is 15.3 Å². The minimum absolute atomic E-state index is 0.117. The Morgan fingerprint density at radius 1 is 1.36 bits per heavy atom. The van der Waals surface area contributed by atoms with Crippen molar-refractivity contribution in [1.29, 1.82) is 0 Å². The Kier molecular flexibility index (Phi) is 4.74. The maximum Gasteiger partial charge on any atom is 0.252 e. The molecule has 0 bridgehead atoms. The number of fused-ring (bicyclic) bond motifs is 1. The Morgan fingerprint density at radius 3 is 2.96 bits per heavy atom. The molecule has 1 atom stereocenters. The lowest BCUT2D eigenvalue weighted by Crippen LogP contribution is -2.34. The van der Waals surface area contributed by atoms with E-state index < -0.39 is 17.3 Å². The molecule has 7 heteroatoms. The van der Waals surface area contributed by atoms with Crippen LogP contribution >= 0.6 is 0 Å². The number of carbonyl (C=O) groups excluding carboxylic acids is 1. The maximum absolute atomic E-state index is 13.5. The van der Waals surface area contributed by atoms with Crippen LogP contribution in [0.2, 0.25) is 0 Å². The number of pyridine rings is 2. The van der Waals surface area contributed by atoms with Gasteiger partial charge in [0.2, 0.25) is 5.56 Å². The van der Waals surface area contributed by atoms with Crippen molar-refractivity contribution in [3.63, 3.8) is 0 Å². The molecule has 3 rings (SSSR count). The Labute approximate surface area is 142 Å². The molecule has 1 amide bonds. The summed E-state index contributed by atoms with van der Waals surface area (Å²) in [4.78, 5) is 30.7. The van der Waals surface area contributed by atoms with E-state index in [0.29, 0.717) is 16.7 Å². The molecule has 3 aromatic rings. The van der Waals surface area contributed by atoms with Crippen molar-refractivity contribution in [1.82, 2.24) is 15.3 Å². The zero-order chi connectivity index (χ0) is 17.8. The summed E-state index contributed by atoms with van der Waals surface area (Å²) in [5, 5.41) is 3.04. The molecule has 2 heterocycles. The molecule has 2 aromatic heterocycles. The summed E-state index contributed by atoms with van der Waals surface area (Å²) in [6, 6.07) is 8.54. The van der Waals surface area contributed by atoms with Crippen molar-refractivity contribution >= 4 is 16.8 Å².